The van der Waals surface area contributed by atoms with Crippen LogP contribution in [0.2, 0.25) is 0 Å². The number of ether oxygens (including phenoxy) is 2. The number of phosphoric acid groups is 1. The van der Waals surface area contributed by atoms with Crippen molar-refractivity contribution in [3.63, 3.8) is 0 Å². The number of quaternary nitrogens is 1. The molecular formula is C72H117NO8P+. The number of likely N-dealkylation sites (N-methyl/N-ethyl adjacent to an activating group) is 1. The van der Waals surface area contributed by atoms with E-state index in [9.17, 15) is 19.0 Å². The van der Waals surface area contributed by atoms with E-state index in [2.05, 4.69) is 184 Å². The van der Waals surface area contributed by atoms with Gasteiger partial charge in [0.25, 0.3) is 0 Å². The number of carbonyl (C=O) groups excluding carboxylic acids is 2. The van der Waals surface area contributed by atoms with Crippen molar-refractivity contribution < 1.29 is 42.1 Å². The van der Waals surface area contributed by atoms with Crippen molar-refractivity contribution in [1.29, 1.82) is 0 Å². The van der Waals surface area contributed by atoms with Crippen LogP contribution in [0.5, 0.6) is 0 Å². The number of esters is 2. The number of allylic oxidation sites excluding steroid dienone is 28. The van der Waals surface area contributed by atoms with Crippen molar-refractivity contribution >= 4 is 19.8 Å². The van der Waals surface area contributed by atoms with Gasteiger partial charge in [-0.1, -0.05) is 248 Å². The molecule has 9 nitrogen and oxygen atoms in total. The number of phosphoric ester groups is 1. The van der Waals surface area contributed by atoms with Gasteiger partial charge in [0.05, 0.1) is 27.7 Å². The van der Waals surface area contributed by atoms with Crippen LogP contribution in [0.25, 0.3) is 0 Å². The molecule has 2 unspecified atom stereocenters. The van der Waals surface area contributed by atoms with E-state index in [0.29, 0.717) is 23.9 Å². The first-order valence-electron chi connectivity index (χ1n) is 31.9. The zero-order chi connectivity index (χ0) is 59.8. The summed E-state index contributed by atoms with van der Waals surface area (Å²) in [5.74, 6) is -0.840. The van der Waals surface area contributed by atoms with Gasteiger partial charge in [0.15, 0.2) is 6.10 Å². The molecule has 2 atom stereocenters. The van der Waals surface area contributed by atoms with Crippen LogP contribution in [0.15, 0.2) is 170 Å². The number of rotatable bonds is 56. The Morgan fingerprint density at radius 3 is 0.976 bits per heavy atom. The molecule has 0 aromatic carbocycles. The number of unbranched alkanes of at least 4 members (excludes halogenated alkanes) is 14. The number of nitrogens with zero attached hydrogens (tertiary/aromatic N) is 1. The summed E-state index contributed by atoms with van der Waals surface area (Å²) in [6, 6.07) is 0. The van der Waals surface area contributed by atoms with Gasteiger partial charge in [-0.2, -0.15) is 0 Å². The molecule has 0 radical (unpaired) electrons. The summed E-state index contributed by atoms with van der Waals surface area (Å²) in [4.78, 5) is 35.8. The maximum absolute atomic E-state index is 12.9. The molecule has 0 bridgehead atoms. The molecule has 82 heavy (non-hydrogen) atoms. The third-order valence-electron chi connectivity index (χ3n) is 12.7. The van der Waals surface area contributed by atoms with E-state index in [1.165, 1.54) is 32.1 Å². The van der Waals surface area contributed by atoms with Crippen molar-refractivity contribution in [1.82, 2.24) is 0 Å². The Kier molecular flexibility index (Phi) is 57.5. The van der Waals surface area contributed by atoms with E-state index < -0.39 is 32.5 Å². The van der Waals surface area contributed by atoms with Gasteiger partial charge in [-0.15, -0.1) is 0 Å². The highest BCUT2D eigenvalue weighted by Crippen LogP contribution is 2.43. The third-order valence-corrected chi connectivity index (χ3v) is 13.7. The second-order valence-corrected chi connectivity index (χ2v) is 23.1. The summed E-state index contributed by atoms with van der Waals surface area (Å²) in [5, 5.41) is 0. The lowest BCUT2D eigenvalue weighted by Gasteiger charge is -2.24. The molecule has 0 saturated carbocycles. The molecule has 0 amide bonds. The van der Waals surface area contributed by atoms with Crippen molar-refractivity contribution in [3.8, 4) is 0 Å². The topological polar surface area (TPSA) is 108 Å². The summed E-state index contributed by atoms with van der Waals surface area (Å²) in [7, 11) is 1.43. The first kappa shape index (κ1) is 77.4. The minimum atomic E-state index is -4.41. The highest BCUT2D eigenvalue weighted by atomic mass is 31.2. The van der Waals surface area contributed by atoms with Gasteiger partial charge in [0.1, 0.15) is 19.8 Å². The highest BCUT2D eigenvalue weighted by molar-refractivity contribution is 7.47. The van der Waals surface area contributed by atoms with E-state index in [4.69, 9.17) is 18.5 Å². The molecule has 0 rings (SSSR count). The fraction of sp³-hybridized carbons (Fsp3) is 0.583. The van der Waals surface area contributed by atoms with Crippen molar-refractivity contribution in [2.24, 2.45) is 0 Å². The molecule has 0 aliphatic heterocycles. The maximum Gasteiger partial charge on any atom is 0.472 e. The lowest BCUT2D eigenvalue weighted by molar-refractivity contribution is -0.870. The fourth-order valence-electron chi connectivity index (χ4n) is 7.92. The summed E-state index contributed by atoms with van der Waals surface area (Å²) >= 11 is 0. The van der Waals surface area contributed by atoms with E-state index in [1.54, 1.807) is 0 Å². The summed E-state index contributed by atoms with van der Waals surface area (Å²) in [5.41, 5.74) is 0. The Labute approximate surface area is 502 Å². The zero-order valence-electron chi connectivity index (χ0n) is 52.4. The predicted molar refractivity (Wildman–Crippen MR) is 353 cm³/mol. The SMILES string of the molecule is CC/C=C\C/C=C\C/C=C\C/C=C\C/C=C\C/C=C\C/C=C\CCCCCCCCCCCC(=O)OC(COC(=O)CCCCCCC/C=C\C/C=C\C/C=C\C/C=C\C/C=C\C/C=C\C/C=C\CC)COP(=O)(O)OCC[N+](C)(C)C. The molecule has 0 spiro atoms. The summed E-state index contributed by atoms with van der Waals surface area (Å²) < 4.78 is 34.6. The van der Waals surface area contributed by atoms with Crippen LogP contribution in [0, 0.1) is 0 Å². The normalized spacial score (nSPS) is 14.4. The molecule has 10 heteroatoms. The average molecular weight is 1160 g/mol. The maximum atomic E-state index is 12.9. The van der Waals surface area contributed by atoms with Crippen molar-refractivity contribution in [2.75, 3.05) is 47.5 Å². The van der Waals surface area contributed by atoms with Crippen LogP contribution < -0.4 is 0 Å². The quantitative estimate of drug-likeness (QED) is 0.0211. The van der Waals surface area contributed by atoms with Gasteiger partial charge < -0.3 is 18.9 Å². The largest absolute Gasteiger partial charge is 0.472 e. The molecule has 0 saturated heterocycles. The first-order valence-corrected chi connectivity index (χ1v) is 33.4. The lowest BCUT2D eigenvalue weighted by Crippen LogP contribution is -2.37. The van der Waals surface area contributed by atoms with E-state index in [-0.39, 0.29) is 26.1 Å². The first-order chi connectivity index (χ1) is 40.0. The highest BCUT2D eigenvalue weighted by Gasteiger charge is 2.27. The van der Waals surface area contributed by atoms with Gasteiger partial charge in [0.2, 0.25) is 0 Å². The smallest absolute Gasteiger partial charge is 0.462 e. The van der Waals surface area contributed by atoms with Gasteiger partial charge in [-0.05, 0) is 128 Å². The Balaban J connectivity index is 4.24. The number of carbonyl (C=O) groups is 2. The average Bonchev–Trinajstić information content (AvgIpc) is 3.46. The fourth-order valence-corrected chi connectivity index (χ4v) is 8.66. The second-order valence-electron chi connectivity index (χ2n) is 21.7. The Hall–Kier alpha value is -4.63. The van der Waals surface area contributed by atoms with Gasteiger partial charge in [-0.25, -0.2) is 4.57 Å². The van der Waals surface area contributed by atoms with E-state index >= 15 is 0 Å². The summed E-state index contributed by atoms with van der Waals surface area (Å²) in [6.07, 6.45) is 92.8. The molecule has 0 heterocycles. The number of hydrogen-bond donors (Lipinski definition) is 1. The van der Waals surface area contributed by atoms with Crippen LogP contribution in [0.1, 0.15) is 219 Å². The number of hydrogen-bond acceptors (Lipinski definition) is 7. The predicted octanol–water partition coefficient (Wildman–Crippen LogP) is 20.6. The minimum Gasteiger partial charge on any atom is -0.462 e. The summed E-state index contributed by atoms with van der Waals surface area (Å²) in [6.45, 7) is 4.15. The molecule has 0 aromatic rings. The monoisotopic (exact) mass is 1150 g/mol. The van der Waals surface area contributed by atoms with Gasteiger partial charge >= 0.3 is 19.8 Å². The Bertz CT molecular complexity index is 1990. The van der Waals surface area contributed by atoms with Crippen LogP contribution in [-0.2, 0) is 32.7 Å². The van der Waals surface area contributed by atoms with E-state index in [0.717, 1.165) is 148 Å². The Morgan fingerprint density at radius 1 is 0.378 bits per heavy atom. The zero-order valence-corrected chi connectivity index (χ0v) is 53.3. The molecule has 1 N–H and O–H groups in total. The van der Waals surface area contributed by atoms with Gasteiger partial charge in [0, 0.05) is 12.8 Å². The Morgan fingerprint density at radius 2 is 0.659 bits per heavy atom. The molecule has 0 fully saturated rings. The lowest BCUT2D eigenvalue weighted by atomic mass is 10.1. The van der Waals surface area contributed by atoms with Crippen LogP contribution in [-0.4, -0.2) is 74.9 Å². The van der Waals surface area contributed by atoms with Crippen molar-refractivity contribution in [2.45, 2.75) is 225 Å². The molecule has 462 valence electrons. The van der Waals surface area contributed by atoms with Crippen LogP contribution in [0.3, 0.4) is 0 Å². The molecule has 0 aliphatic rings. The van der Waals surface area contributed by atoms with E-state index in [1.807, 2.05) is 21.1 Å². The minimum absolute atomic E-state index is 0.0168. The van der Waals surface area contributed by atoms with Crippen LogP contribution in [0.4, 0.5) is 0 Å². The second kappa shape index (κ2) is 60.9. The third kappa shape index (κ3) is 64.5. The van der Waals surface area contributed by atoms with Crippen molar-refractivity contribution in [3.05, 3.63) is 170 Å². The molecule has 0 aromatic heterocycles. The standard InChI is InChI=1S/C72H116NO8P/c1-6-8-10-12-14-16-18-20-22-24-26-28-30-32-34-35-36-37-39-41-43-45-47-49-51-53-55-57-59-61-63-65-72(75)81-70(69-80-82(76,77)79-67-66-73(3,4)5)68-78-71(74)64-62-60-58-56-54-52-50-48-46-44-42-40-38-33-31-29-27-25-23-21-19-17-15-13-11-9-7-2/h8-11,14-17,20-23,26-29,32-34,36-38,41-44,48,50,70H,6-7,12-13,18-19,24-25,30-31,35,39-40,45-47,49,51-69H2,1-5H3/p+1/b10-8-,11-9-,16-14-,17-15-,22-20-,23-21-,28-26-,29-27-,34-32-,37-36-,38-33-,43-41-,44-42-,50-48-. The molecule has 0 aliphatic carbocycles. The molecular weight excluding hydrogens is 1040 g/mol. The van der Waals surface area contributed by atoms with Gasteiger partial charge in [-0.3, -0.25) is 18.6 Å². The van der Waals surface area contributed by atoms with Crippen LogP contribution >= 0.6 is 7.82 Å².